The summed E-state index contributed by atoms with van der Waals surface area (Å²) in [6, 6.07) is 5.39. The fraction of sp³-hybridized carbons (Fsp3) is 0.400. The van der Waals surface area contributed by atoms with E-state index in [9.17, 15) is 14.4 Å². The molecular weight excluding hydrogens is 378 g/mol. The van der Waals surface area contributed by atoms with E-state index in [-0.39, 0.29) is 23.8 Å². The number of methoxy groups -OCH3 is 1. The normalized spacial score (nSPS) is 13.0. The number of Topliss-reactive ketones (excluding diaryl/α,β-unsaturated/α-hetero) is 1. The summed E-state index contributed by atoms with van der Waals surface area (Å²) in [6.07, 6.45) is 4.73. The number of hydrogen-bond donors (Lipinski definition) is 1. The van der Waals surface area contributed by atoms with Crippen LogP contribution in [0.4, 0.5) is 0 Å². The number of aromatic nitrogens is 2. The molecule has 0 aliphatic rings. The highest BCUT2D eigenvalue weighted by atomic mass is 32.1. The Balaban J connectivity index is 2.50. The van der Waals surface area contributed by atoms with Gasteiger partial charge in [-0.05, 0) is 18.2 Å². The van der Waals surface area contributed by atoms with Gasteiger partial charge in [0.2, 0.25) is 5.91 Å². The van der Waals surface area contributed by atoms with E-state index in [4.69, 9.17) is 4.74 Å². The predicted molar refractivity (Wildman–Crippen MR) is 109 cm³/mol. The van der Waals surface area contributed by atoms with Crippen LogP contribution in [0.5, 0.6) is 0 Å². The second-order valence-electron chi connectivity index (χ2n) is 7.20. The van der Waals surface area contributed by atoms with E-state index >= 15 is 0 Å². The number of rotatable bonds is 7. The first kappa shape index (κ1) is 21.7. The lowest BCUT2D eigenvalue weighted by Gasteiger charge is -2.13. The summed E-state index contributed by atoms with van der Waals surface area (Å²) in [7, 11) is 1.54. The number of nitrogens with one attached hydrogen (secondary N) is 1. The van der Waals surface area contributed by atoms with Gasteiger partial charge in [0.25, 0.3) is 5.56 Å². The Bertz CT molecular complexity index is 1000. The lowest BCUT2D eigenvalue weighted by Crippen LogP contribution is -2.39. The summed E-state index contributed by atoms with van der Waals surface area (Å²) >= 11 is 1.17. The summed E-state index contributed by atoms with van der Waals surface area (Å²) < 4.78 is 7.08. The molecule has 7 nitrogen and oxygen atoms in total. The minimum atomic E-state index is -0.587. The molecule has 0 fully saturated rings. The van der Waals surface area contributed by atoms with Gasteiger partial charge in [-0.2, -0.15) is 0 Å². The lowest BCUT2D eigenvalue weighted by molar-refractivity contribution is -0.122. The van der Waals surface area contributed by atoms with E-state index in [1.54, 1.807) is 52.3 Å². The van der Waals surface area contributed by atoms with Crippen LogP contribution in [0.2, 0.25) is 0 Å². The Morgan fingerprint density at radius 3 is 2.68 bits per heavy atom. The zero-order valence-corrected chi connectivity index (χ0v) is 17.3. The summed E-state index contributed by atoms with van der Waals surface area (Å²) in [5.41, 5.74) is -0.284. The highest BCUT2D eigenvalue weighted by Gasteiger charge is 2.20. The van der Waals surface area contributed by atoms with E-state index in [1.807, 2.05) is 6.07 Å². The van der Waals surface area contributed by atoms with Crippen molar-refractivity contribution in [3.63, 3.8) is 0 Å². The molecule has 2 rings (SSSR count). The van der Waals surface area contributed by atoms with Crippen LogP contribution in [-0.4, -0.2) is 41.5 Å². The van der Waals surface area contributed by atoms with Crippen LogP contribution in [0.3, 0.4) is 0 Å². The molecular formula is C20H25N3O4S. The van der Waals surface area contributed by atoms with Crippen molar-refractivity contribution in [2.75, 3.05) is 20.3 Å². The average molecular weight is 404 g/mol. The molecule has 0 unspecified atom stereocenters. The van der Waals surface area contributed by atoms with Gasteiger partial charge >= 0.3 is 0 Å². The molecule has 8 heteroatoms. The van der Waals surface area contributed by atoms with E-state index in [2.05, 4.69) is 10.3 Å². The first-order valence-electron chi connectivity index (χ1n) is 8.86. The standard InChI is InChI=1S/C20H25N3O4S/c1-20(2,3)16(24)12-18-23(13-17(25)22-9-10-27-4)19(26)15(28-18)11-14-7-5-6-8-21-14/h5-8,11-12H,9-10,13H2,1-4H3,(H,22,25)/b15-11+,18-12-. The van der Waals surface area contributed by atoms with Gasteiger partial charge < -0.3 is 10.1 Å². The van der Waals surface area contributed by atoms with E-state index in [0.29, 0.717) is 28.0 Å². The number of ketones is 1. The van der Waals surface area contributed by atoms with Crippen LogP contribution in [0.15, 0.2) is 29.2 Å². The zero-order chi connectivity index (χ0) is 20.7. The van der Waals surface area contributed by atoms with Crippen LogP contribution in [0.25, 0.3) is 12.2 Å². The average Bonchev–Trinajstić information content (AvgIpc) is 2.91. The molecule has 0 aromatic carbocycles. The van der Waals surface area contributed by atoms with Gasteiger partial charge in [0.05, 0.1) is 16.8 Å². The Morgan fingerprint density at radius 1 is 1.32 bits per heavy atom. The summed E-state index contributed by atoms with van der Waals surface area (Å²) in [5, 5.41) is 2.69. The molecule has 2 aromatic rings. The molecule has 1 amide bonds. The number of nitrogens with zero attached hydrogens (tertiary/aromatic N) is 2. The van der Waals surface area contributed by atoms with Crippen molar-refractivity contribution >= 4 is 35.2 Å². The quantitative estimate of drug-likeness (QED) is 0.671. The van der Waals surface area contributed by atoms with E-state index in [0.717, 1.165) is 0 Å². The summed E-state index contributed by atoms with van der Waals surface area (Å²) in [6.45, 7) is 5.98. The van der Waals surface area contributed by atoms with Crippen molar-refractivity contribution in [2.24, 2.45) is 5.41 Å². The van der Waals surface area contributed by atoms with Crippen LogP contribution < -0.4 is 20.1 Å². The third-order valence-corrected chi connectivity index (χ3v) is 4.89. The van der Waals surface area contributed by atoms with Crippen molar-refractivity contribution in [3.05, 3.63) is 49.6 Å². The first-order chi connectivity index (χ1) is 13.2. The van der Waals surface area contributed by atoms with E-state index in [1.165, 1.54) is 22.0 Å². The van der Waals surface area contributed by atoms with Crippen LogP contribution in [0, 0.1) is 5.41 Å². The van der Waals surface area contributed by atoms with Gasteiger partial charge in [-0.3, -0.25) is 23.9 Å². The molecule has 2 heterocycles. The van der Waals surface area contributed by atoms with E-state index < -0.39 is 5.41 Å². The number of carbonyl (C=O) groups excluding carboxylic acids is 2. The molecule has 28 heavy (non-hydrogen) atoms. The molecule has 1 N–H and O–H groups in total. The van der Waals surface area contributed by atoms with Gasteiger partial charge in [-0.25, -0.2) is 0 Å². The number of thiazole rings is 1. The van der Waals surface area contributed by atoms with Crippen molar-refractivity contribution in [1.29, 1.82) is 0 Å². The number of ether oxygens (including phenoxy) is 1. The van der Waals surface area contributed by atoms with Crippen LogP contribution in [0.1, 0.15) is 26.5 Å². The SMILES string of the molecule is COCCNC(=O)Cn1c(=O)/c(=C\c2ccccn2)s/c1=C\C(=O)C(C)(C)C. The van der Waals surface area contributed by atoms with Crippen molar-refractivity contribution in [1.82, 2.24) is 14.9 Å². The predicted octanol–water partition coefficient (Wildman–Crippen LogP) is 0.292. The number of amides is 1. The largest absolute Gasteiger partial charge is 0.383 e. The van der Waals surface area contributed by atoms with Crippen molar-refractivity contribution in [3.8, 4) is 0 Å². The fourth-order valence-electron chi connectivity index (χ4n) is 2.21. The monoisotopic (exact) mass is 403 g/mol. The second-order valence-corrected chi connectivity index (χ2v) is 8.26. The number of carbonyl (C=O) groups is 2. The first-order valence-corrected chi connectivity index (χ1v) is 9.68. The molecule has 2 aromatic heterocycles. The van der Waals surface area contributed by atoms with Crippen LogP contribution in [-0.2, 0) is 20.9 Å². The highest BCUT2D eigenvalue weighted by molar-refractivity contribution is 7.07. The molecule has 0 spiro atoms. The third-order valence-electron chi connectivity index (χ3n) is 3.83. The Kier molecular flexibility index (Phi) is 7.42. The number of hydrogen-bond acceptors (Lipinski definition) is 6. The van der Waals surface area contributed by atoms with Crippen molar-refractivity contribution in [2.45, 2.75) is 27.3 Å². The maximum atomic E-state index is 12.9. The highest BCUT2D eigenvalue weighted by Crippen LogP contribution is 2.14. The topological polar surface area (TPSA) is 90.3 Å². The van der Waals surface area contributed by atoms with Gasteiger partial charge in [0.1, 0.15) is 11.2 Å². The third kappa shape index (κ3) is 5.97. The number of pyridine rings is 1. The minimum Gasteiger partial charge on any atom is -0.383 e. The van der Waals surface area contributed by atoms with Gasteiger partial charge in [-0.1, -0.05) is 26.8 Å². The summed E-state index contributed by atoms with van der Waals surface area (Å²) in [4.78, 5) is 41.7. The fourth-order valence-corrected chi connectivity index (χ4v) is 3.24. The molecule has 0 aliphatic heterocycles. The lowest BCUT2D eigenvalue weighted by atomic mass is 9.91. The maximum Gasteiger partial charge on any atom is 0.269 e. The Morgan fingerprint density at radius 2 is 2.07 bits per heavy atom. The van der Waals surface area contributed by atoms with Gasteiger partial charge in [0.15, 0.2) is 5.78 Å². The second kappa shape index (κ2) is 9.57. The molecule has 150 valence electrons. The smallest absolute Gasteiger partial charge is 0.269 e. The molecule has 0 saturated heterocycles. The molecule has 0 aliphatic carbocycles. The zero-order valence-electron chi connectivity index (χ0n) is 16.5. The Labute approximate surface area is 167 Å². The van der Waals surface area contributed by atoms with Crippen molar-refractivity contribution < 1.29 is 14.3 Å². The van der Waals surface area contributed by atoms with Crippen LogP contribution >= 0.6 is 11.3 Å². The molecule has 0 atom stereocenters. The summed E-state index contributed by atoms with van der Waals surface area (Å²) in [5.74, 6) is -0.439. The molecule has 0 radical (unpaired) electrons. The molecule has 0 bridgehead atoms. The van der Waals surface area contributed by atoms with Gasteiger partial charge in [0, 0.05) is 31.3 Å². The molecule has 0 saturated carbocycles. The van der Waals surface area contributed by atoms with Gasteiger partial charge in [-0.15, -0.1) is 11.3 Å². The minimum absolute atomic E-state index is 0.119. The Hall–Kier alpha value is -2.58. The maximum absolute atomic E-state index is 12.9.